The summed E-state index contributed by atoms with van der Waals surface area (Å²) in [7, 11) is 0. The van der Waals surface area contributed by atoms with Crippen LogP contribution >= 0.6 is 0 Å². The highest BCUT2D eigenvalue weighted by molar-refractivity contribution is 6.02. The number of nitrogens with one attached hydrogen (secondary N) is 1. The van der Waals surface area contributed by atoms with E-state index in [0.29, 0.717) is 42.7 Å². The number of carbonyl (C=O) groups is 1. The second-order valence-electron chi connectivity index (χ2n) is 6.69. The smallest absolute Gasteiger partial charge is 0.280 e. The first-order valence-corrected chi connectivity index (χ1v) is 9.60. The molecule has 3 aromatic rings. The van der Waals surface area contributed by atoms with Crippen LogP contribution in [0.1, 0.15) is 23.0 Å². The van der Waals surface area contributed by atoms with Crippen LogP contribution in [0.3, 0.4) is 0 Å². The highest BCUT2D eigenvalue weighted by Crippen LogP contribution is 2.32. The Kier molecular flexibility index (Phi) is 5.38. The fourth-order valence-electron chi connectivity index (χ4n) is 3.03. The molecule has 8 nitrogen and oxygen atoms in total. The molecule has 0 atom stereocenters. The summed E-state index contributed by atoms with van der Waals surface area (Å²) in [6, 6.07) is 13.8. The summed E-state index contributed by atoms with van der Waals surface area (Å²) in [5.41, 5.74) is 1.46. The first kappa shape index (κ1) is 19.5. The number of hydrogen-bond donors (Lipinski definition) is 1. The van der Waals surface area contributed by atoms with E-state index in [1.807, 2.05) is 38.1 Å². The predicted molar refractivity (Wildman–Crippen MR) is 111 cm³/mol. The standard InChI is InChI=1S/C22H21N3O5/c1-3-28-20-13-17(26)21(24-25(20)16-7-4-14(2)5-8-16)22(27)23-15-6-9-18-19(12-15)30-11-10-29-18/h4-9,12-13H,3,10-11H2,1-2H3,(H,23,27). The van der Waals surface area contributed by atoms with Gasteiger partial charge in [0.05, 0.1) is 18.4 Å². The van der Waals surface area contributed by atoms with Crippen molar-refractivity contribution in [1.82, 2.24) is 9.78 Å². The zero-order valence-electron chi connectivity index (χ0n) is 16.7. The molecule has 1 aliphatic rings. The largest absolute Gasteiger partial charge is 0.486 e. The van der Waals surface area contributed by atoms with Crippen LogP contribution in [0.25, 0.3) is 5.69 Å². The minimum Gasteiger partial charge on any atom is -0.486 e. The molecule has 0 fully saturated rings. The van der Waals surface area contributed by atoms with E-state index in [1.54, 1.807) is 18.2 Å². The van der Waals surface area contributed by atoms with Gasteiger partial charge in [-0.15, -0.1) is 0 Å². The number of aryl methyl sites for hydroxylation is 1. The van der Waals surface area contributed by atoms with Crippen molar-refractivity contribution < 1.29 is 19.0 Å². The number of carbonyl (C=O) groups excluding carboxylic acids is 1. The Morgan fingerprint density at radius 1 is 1.10 bits per heavy atom. The topological polar surface area (TPSA) is 91.7 Å². The molecule has 8 heteroatoms. The van der Waals surface area contributed by atoms with Gasteiger partial charge in [-0.25, -0.2) is 4.68 Å². The molecular formula is C22H21N3O5. The summed E-state index contributed by atoms with van der Waals surface area (Å²) in [5.74, 6) is 0.791. The van der Waals surface area contributed by atoms with Crippen molar-refractivity contribution in [2.45, 2.75) is 13.8 Å². The Bertz CT molecular complexity index is 1140. The minimum absolute atomic E-state index is 0.242. The molecule has 0 spiro atoms. The number of rotatable bonds is 5. The molecule has 2 aromatic carbocycles. The van der Waals surface area contributed by atoms with Crippen molar-refractivity contribution >= 4 is 11.6 Å². The molecule has 0 aliphatic carbocycles. The predicted octanol–water partition coefficient (Wildman–Crippen LogP) is 2.96. The van der Waals surface area contributed by atoms with Crippen molar-refractivity contribution in [2.24, 2.45) is 0 Å². The minimum atomic E-state index is -0.624. The van der Waals surface area contributed by atoms with E-state index in [1.165, 1.54) is 10.7 Å². The Morgan fingerprint density at radius 3 is 2.57 bits per heavy atom. The molecule has 2 heterocycles. The number of fused-ring (bicyclic) bond motifs is 1. The maximum absolute atomic E-state index is 12.8. The molecule has 1 N–H and O–H groups in total. The Labute approximate surface area is 173 Å². The zero-order valence-corrected chi connectivity index (χ0v) is 16.7. The van der Waals surface area contributed by atoms with Crippen LogP contribution in [-0.4, -0.2) is 35.5 Å². The Morgan fingerprint density at radius 2 is 1.83 bits per heavy atom. The maximum atomic E-state index is 12.8. The first-order chi connectivity index (χ1) is 14.5. The molecule has 154 valence electrons. The van der Waals surface area contributed by atoms with Gasteiger partial charge in [-0.05, 0) is 38.1 Å². The van der Waals surface area contributed by atoms with Crippen molar-refractivity contribution in [2.75, 3.05) is 25.1 Å². The van der Waals surface area contributed by atoms with Gasteiger partial charge in [0.1, 0.15) is 13.2 Å². The summed E-state index contributed by atoms with van der Waals surface area (Å²) in [5, 5.41) is 6.98. The lowest BCUT2D eigenvalue weighted by Gasteiger charge is -2.19. The van der Waals surface area contributed by atoms with Crippen LogP contribution in [0.4, 0.5) is 5.69 Å². The van der Waals surface area contributed by atoms with Crippen LogP contribution in [0.2, 0.25) is 0 Å². The summed E-state index contributed by atoms with van der Waals surface area (Å²) in [6.45, 7) is 5.06. The van der Waals surface area contributed by atoms with E-state index in [4.69, 9.17) is 14.2 Å². The van der Waals surface area contributed by atoms with E-state index in [9.17, 15) is 9.59 Å². The molecule has 30 heavy (non-hydrogen) atoms. The van der Waals surface area contributed by atoms with E-state index in [0.717, 1.165) is 5.56 Å². The van der Waals surface area contributed by atoms with E-state index < -0.39 is 11.3 Å². The number of amides is 1. The number of nitrogens with zero attached hydrogens (tertiary/aromatic N) is 2. The van der Waals surface area contributed by atoms with Gasteiger partial charge in [0.15, 0.2) is 17.2 Å². The molecule has 4 rings (SSSR count). The summed E-state index contributed by atoms with van der Waals surface area (Å²) < 4.78 is 18.0. The molecule has 0 bridgehead atoms. The Hall–Kier alpha value is -3.81. The van der Waals surface area contributed by atoms with Crippen LogP contribution in [0.5, 0.6) is 17.4 Å². The lowest BCUT2D eigenvalue weighted by atomic mass is 10.2. The fraction of sp³-hybridized carbons (Fsp3) is 0.227. The van der Waals surface area contributed by atoms with E-state index in [2.05, 4.69) is 10.4 Å². The quantitative estimate of drug-likeness (QED) is 0.699. The average molecular weight is 407 g/mol. The molecule has 1 amide bonds. The second-order valence-corrected chi connectivity index (χ2v) is 6.69. The van der Waals surface area contributed by atoms with E-state index in [-0.39, 0.29) is 11.6 Å². The highest BCUT2D eigenvalue weighted by Gasteiger charge is 2.19. The number of anilines is 1. The van der Waals surface area contributed by atoms with Crippen molar-refractivity contribution in [3.63, 3.8) is 0 Å². The maximum Gasteiger partial charge on any atom is 0.280 e. The van der Waals surface area contributed by atoms with Crippen molar-refractivity contribution in [3.8, 4) is 23.1 Å². The van der Waals surface area contributed by atoms with Gasteiger partial charge < -0.3 is 19.5 Å². The zero-order chi connectivity index (χ0) is 21.1. The molecule has 0 radical (unpaired) electrons. The van der Waals surface area contributed by atoms with Crippen molar-refractivity contribution in [1.29, 1.82) is 0 Å². The molecule has 0 saturated carbocycles. The molecule has 0 unspecified atom stereocenters. The highest BCUT2D eigenvalue weighted by atomic mass is 16.6. The van der Waals surface area contributed by atoms with Crippen molar-refractivity contribution in [3.05, 3.63) is 70.0 Å². The second kappa shape index (κ2) is 8.28. The van der Waals surface area contributed by atoms with E-state index >= 15 is 0 Å². The number of ether oxygens (including phenoxy) is 3. The molecular weight excluding hydrogens is 386 g/mol. The molecule has 1 aromatic heterocycles. The van der Waals surface area contributed by atoms with Crippen LogP contribution in [0.15, 0.2) is 53.3 Å². The van der Waals surface area contributed by atoms with Crippen LogP contribution in [0, 0.1) is 6.92 Å². The summed E-state index contributed by atoms with van der Waals surface area (Å²) in [6.07, 6.45) is 0. The molecule has 0 saturated heterocycles. The molecule has 1 aliphatic heterocycles. The normalized spacial score (nSPS) is 12.3. The van der Waals surface area contributed by atoms with Crippen LogP contribution in [-0.2, 0) is 0 Å². The van der Waals surface area contributed by atoms with Gasteiger partial charge in [0, 0.05) is 11.8 Å². The average Bonchev–Trinajstić information content (AvgIpc) is 2.75. The third-order valence-corrected chi connectivity index (χ3v) is 4.48. The van der Waals surface area contributed by atoms with Gasteiger partial charge in [0.25, 0.3) is 5.91 Å². The Balaban J connectivity index is 1.67. The lowest BCUT2D eigenvalue weighted by Crippen LogP contribution is -2.26. The third kappa shape index (κ3) is 3.98. The number of aromatic nitrogens is 2. The summed E-state index contributed by atoms with van der Waals surface area (Å²) >= 11 is 0. The summed E-state index contributed by atoms with van der Waals surface area (Å²) in [4.78, 5) is 25.4. The van der Waals surface area contributed by atoms with Gasteiger partial charge >= 0.3 is 0 Å². The number of benzene rings is 2. The monoisotopic (exact) mass is 407 g/mol. The van der Waals surface area contributed by atoms with Gasteiger partial charge in [-0.3, -0.25) is 9.59 Å². The van der Waals surface area contributed by atoms with Crippen LogP contribution < -0.4 is 25.0 Å². The van der Waals surface area contributed by atoms with Gasteiger partial charge in [-0.2, -0.15) is 5.10 Å². The van der Waals surface area contributed by atoms with Gasteiger partial charge in [-0.1, -0.05) is 17.7 Å². The SMILES string of the molecule is CCOc1cc(=O)c(C(=O)Nc2ccc3c(c2)OCCO3)nn1-c1ccc(C)cc1. The number of hydrogen-bond acceptors (Lipinski definition) is 6. The fourth-order valence-corrected chi connectivity index (χ4v) is 3.03. The third-order valence-electron chi connectivity index (χ3n) is 4.48. The van der Waals surface area contributed by atoms with Gasteiger partial charge in [0.2, 0.25) is 11.3 Å². The first-order valence-electron chi connectivity index (χ1n) is 9.60. The lowest BCUT2D eigenvalue weighted by molar-refractivity contribution is 0.101.